The lowest BCUT2D eigenvalue weighted by Crippen LogP contribution is -2.01. The van der Waals surface area contributed by atoms with Gasteiger partial charge in [-0.2, -0.15) is 0 Å². The zero-order chi connectivity index (χ0) is 15.5. The molecular formula is C19H19NOS. The maximum Gasteiger partial charge on any atom is 0.151 e. The largest absolute Gasteiger partial charge is 0.340 e. The molecule has 0 aliphatic carbocycles. The number of carbonyl (C=O) groups is 1. The third-order valence-corrected chi connectivity index (χ3v) is 4.91. The van der Waals surface area contributed by atoms with E-state index < -0.39 is 0 Å². The monoisotopic (exact) mass is 309 g/mol. The minimum Gasteiger partial charge on any atom is -0.340 e. The highest BCUT2D eigenvalue weighted by Crippen LogP contribution is 2.33. The molecule has 2 aromatic carbocycles. The Kier molecular flexibility index (Phi) is 4.34. The Balaban J connectivity index is 2.14. The van der Waals surface area contributed by atoms with Crippen molar-refractivity contribution < 1.29 is 4.79 Å². The van der Waals surface area contributed by atoms with Crippen LogP contribution in [0, 0.1) is 6.92 Å². The van der Waals surface area contributed by atoms with Crippen molar-refractivity contribution in [3.8, 4) is 0 Å². The highest BCUT2D eigenvalue weighted by Gasteiger charge is 2.13. The lowest BCUT2D eigenvalue weighted by atomic mass is 10.1. The third-order valence-electron chi connectivity index (χ3n) is 3.87. The van der Waals surface area contributed by atoms with Gasteiger partial charge in [0.1, 0.15) is 0 Å². The first-order valence-electron chi connectivity index (χ1n) is 7.49. The molecule has 3 heteroatoms. The second kappa shape index (κ2) is 6.41. The Morgan fingerprint density at radius 3 is 2.59 bits per heavy atom. The fourth-order valence-electron chi connectivity index (χ4n) is 2.83. The van der Waals surface area contributed by atoms with Crippen LogP contribution in [0.25, 0.3) is 10.9 Å². The maximum absolute atomic E-state index is 11.3. The lowest BCUT2D eigenvalue weighted by molar-refractivity contribution is 0.112. The highest BCUT2D eigenvalue weighted by atomic mass is 32.2. The summed E-state index contributed by atoms with van der Waals surface area (Å²) in [6, 6.07) is 16.7. The van der Waals surface area contributed by atoms with Crippen LogP contribution in [0.1, 0.15) is 28.5 Å². The number of nitrogens with zero attached hydrogens (tertiary/aromatic N) is 1. The number of aromatic nitrogens is 1. The SMILES string of the molecule is CCSc1c(C=O)ccc2c1cc(C)n2Cc1ccccc1. The highest BCUT2D eigenvalue weighted by molar-refractivity contribution is 7.99. The van der Waals surface area contributed by atoms with Gasteiger partial charge in [0.05, 0.1) is 0 Å². The minimum atomic E-state index is 0.788. The summed E-state index contributed by atoms with van der Waals surface area (Å²) >= 11 is 1.74. The van der Waals surface area contributed by atoms with E-state index in [0.717, 1.165) is 29.0 Å². The molecule has 2 nitrogen and oxygen atoms in total. The molecule has 1 aromatic heterocycles. The first-order valence-corrected chi connectivity index (χ1v) is 8.48. The van der Waals surface area contributed by atoms with Crippen LogP contribution < -0.4 is 0 Å². The maximum atomic E-state index is 11.3. The van der Waals surface area contributed by atoms with Crippen LogP contribution in [-0.2, 0) is 6.54 Å². The summed E-state index contributed by atoms with van der Waals surface area (Å²) in [5.41, 5.74) is 4.49. The molecule has 0 spiro atoms. The summed E-state index contributed by atoms with van der Waals surface area (Å²) < 4.78 is 2.32. The zero-order valence-corrected chi connectivity index (χ0v) is 13.7. The molecule has 3 aromatic rings. The molecule has 0 amide bonds. The molecule has 0 aliphatic rings. The molecule has 22 heavy (non-hydrogen) atoms. The normalized spacial score (nSPS) is 11.0. The van der Waals surface area contributed by atoms with Gasteiger partial charge in [0, 0.05) is 33.6 Å². The van der Waals surface area contributed by atoms with Gasteiger partial charge in [-0.1, -0.05) is 37.3 Å². The van der Waals surface area contributed by atoms with Gasteiger partial charge in [-0.15, -0.1) is 11.8 Å². The number of thioether (sulfide) groups is 1. The van der Waals surface area contributed by atoms with E-state index in [0.29, 0.717) is 0 Å². The number of aldehydes is 1. The van der Waals surface area contributed by atoms with Gasteiger partial charge in [-0.25, -0.2) is 0 Å². The predicted molar refractivity (Wildman–Crippen MR) is 94.0 cm³/mol. The number of fused-ring (bicyclic) bond motifs is 1. The van der Waals surface area contributed by atoms with Crippen LogP contribution in [0.3, 0.4) is 0 Å². The van der Waals surface area contributed by atoms with Crippen LogP contribution in [-0.4, -0.2) is 16.6 Å². The quantitative estimate of drug-likeness (QED) is 0.493. The van der Waals surface area contributed by atoms with E-state index in [9.17, 15) is 4.79 Å². The molecule has 1 heterocycles. The molecule has 3 rings (SSSR count). The summed E-state index contributed by atoms with van der Waals surface area (Å²) in [6.07, 6.45) is 0.960. The number of benzene rings is 2. The molecule has 0 atom stereocenters. The predicted octanol–water partition coefficient (Wildman–Crippen LogP) is 4.92. The number of rotatable bonds is 5. The Morgan fingerprint density at radius 1 is 1.14 bits per heavy atom. The second-order valence-electron chi connectivity index (χ2n) is 5.33. The van der Waals surface area contributed by atoms with Crippen molar-refractivity contribution in [3.63, 3.8) is 0 Å². The van der Waals surface area contributed by atoms with Crippen LogP contribution in [0.15, 0.2) is 53.4 Å². The number of hydrogen-bond donors (Lipinski definition) is 0. The van der Waals surface area contributed by atoms with Crippen molar-refractivity contribution in [1.29, 1.82) is 0 Å². The van der Waals surface area contributed by atoms with Crippen LogP contribution in [0.2, 0.25) is 0 Å². The van der Waals surface area contributed by atoms with Gasteiger partial charge in [0.15, 0.2) is 6.29 Å². The fourth-order valence-corrected chi connectivity index (χ4v) is 3.72. The fraction of sp³-hybridized carbons (Fsp3) is 0.211. The number of hydrogen-bond acceptors (Lipinski definition) is 2. The zero-order valence-electron chi connectivity index (χ0n) is 12.9. The third kappa shape index (κ3) is 2.69. The summed E-state index contributed by atoms with van der Waals surface area (Å²) in [7, 11) is 0. The first-order chi connectivity index (χ1) is 10.7. The van der Waals surface area contributed by atoms with Crippen molar-refractivity contribution in [1.82, 2.24) is 4.57 Å². The van der Waals surface area contributed by atoms with Crippen molar-refractivity contribution in [3.05, 3.63) is 65.4 Å². The molecule has 0 saturated carbocycles. The summed E-state index contributed by atoms with van der Waals surface area (Å²) in [4.78, 5) is 12.4. The molecule has 0 saturated heterocycles. The van der Waals surface area contributed by atoms with Gasteiger partial charge in [-0.3, -0.25) is 4.79 Å². The number of carbonyl (C=O) groups excluding carboxylic acids is 1. The van der Waals surface area contributed by atoms with E-state index >= 15 is 0 Å². The summed E-state index contributed by atoms with van der Waals surface area (Å²) in [5, 5.41) is 1.19. The minimum absolute atomic E-state index is 0.788. The van der Waals surface area contributed by atoms with Crippen LogP contribution in [0.5, 0.6) is 0 Å². The van der Waals surface area contributed by atoms with Gasteiger partial charge in [0.25, 0.3) is 0 Å². The van der Waals surface area contributed by atoms with E-state index in [2.05, 4.69) is 54.8 Å². The van der Waals surface area contributed by atoms with Crippen molar-refractivity contribution in [2.24, 2.45) is 0 Å². The van der Waals surface area contributed by atoms with Crippen molar-refractivity contribution >= 4 is 29.0 Å². The second-order valence-corrected chi connectivity index (χ2v) is 6.60. The molecular weight excluding hydrogens is 290 g/mol. The van der Waals surface area contributed by atoms with Crippen molar-refractivity contribution in [2.45, 2.75) is 25.3 Å². The molecule has 0 aliphatic heterocycles. The lowest BCUT2D eigenvalue weighted by Gasteiger charge is -2.10. The van der Waals surface area contributed by atoms with Gasteiger partial charge >= 0.3 is 0 Å². The Morgan fingerprint density at radius 2 is 1.91 bits per heavy atom. The van der Waals surface area contributed by atoms with Gasteiger partial charge < -0.3 is 4.57 Å². The average molecular weight is 309 g/mol. The molecule has 0 unspecified atom stereocenters. The topological polar surface area (TPSA) is 22.0 Å². The van der Waals surface area contributed by atoms with Gasteiger partial charge in [0.2, 0.25) is 0 Å². The summed E-state index contributed by atoms with van der Waals surface area (Å²) in [6.45, 7) is 5.10. The Bertz CT molecular complexity index is 805. The molecule has 0 N–H and O–H groups in total. The first kappa shape index (κ1) is 14.9. The Hall–Kier alpha value is -2.00. The van der Waals surface area contributed by atoms with Gasteiger partial charge in [-0.05, 0) is 36.4 Å². The number of aryl methyl sites for hydroxylation is 1. The van der Waals surface area contributed by atoms with E-state index in [-0.39, 0.29) is 0 Å². The molecule has 0 radical (unpaired) electrons. The molecule has 0 bridgehead atoms. The smallest absolute Gasteiger partial charge is 0.151 e. The molecule has 0 fully saturated rings. The van der Waals surface area contributed by atoms with Crippen LogP contribution in [0.4, 0.5) is 0 Å². The van der Waals surface area contributed by atoms with Crippen molar-refractivity contribution in [2.75, 3.05) is 5.75 Å². The van der Waals surface area contributed by atoms with E-state index in [1.807, 2.05) is 12.1 Å². The molecule has 112 valence electrons. The Labute approximate surface area is 135 Å². The van der Waals surface area contributed by atoms with Crippen LogP contribution >= 0.6 is 11.8 Å². The van der Waals surface area contributed by atoms with E-state index in [1.54, 1.807) is 11.8 Å². The van der Waals surface area contributed by atoms with E-state index in [4.69, 9.17) is 0 Å². The summed E-state index contributed by atoms with van der Waals surface area (Å²) in [5.74, 6) is 0.961. The average Bonchev–Trinajstić information content (AvgIpc) is 2.85. The standard InChI is InChI=1S/C19H19NOS/c1-3-22-19-16(13-21)9-10-18-17(19)11-14(2)20(18)12-15-7-5-4-6-8-15/h4-11,13H,3,12H2,1-2H3. The van der Waals surface area contributed by atoms with E-state index in [1.165, 1.54) is 22.2 Å².